The Labute approximate surface area is 140 Å². The lowest BCUT2D eigenvalue weighted by Gasteiger charge is -2.08. The van der Waals surface area contributed by atoms with Gasteiger partial charge in [-0.05, 0) is 17.9 Å². The summed E-state index contributed by atoms with van der Waals surface area (Å²) in [5, 5.41) is 9.94. The average Bonchev–Trinajstić information content (AvgIpc) is 2.98. The van der Waals surface area contributed by atoms with E-state index in [4.69, 9.17) is 5.11 Å². The second-order valence-electron chi connectivity index (χ2n) is 4.89. The molecule has 0 atom stereocenters. The van der Waals surface area contributed by atoms with E-state index in [1.165, 1.54) is 27.7 Å². The summed E-state index contributed by atoms with van der Waals surface area (Å²) in [6.45, 7) is 0.129. The van der Waals surface area contributed by atoms with Crippen LogP contribution in [0.1, 0.15) is 6.42 Å². The molecule has 0 saturated carbocycles. The molecule has 0 fully saturated rings. The van der Waals surface area contributed by atoms with Crippen LogP contribution in [0, 0.1) is 0 Å². The molecule has 0 spiro atoms. The molecule has 5 nitrogen and oxygen atoms in total. The van der Waals surface area contributed by atoms with E-state index in [0.29, 0.717) is 15.4 Å². The molecule has 0 aliphatic heterocycles. The van der Waals surface area contributed by atoms with Crippen LogP contribution < -0.4 is 5.56 Å². The lowest BCUT2D eigenvalue weighted by Crippen LogP contribution is -2.23. The van der Waals surface area contributed by atoms with Gasteiger partial charge in [-0.2, -0.15) is 0 Å². The molecular formula is C16H14N2O3S2. The van der Waals surface area contributed by atoms with Crippen molar-refractivity contribution in [2.75, 3.05) is 6.26 Å². The molecule has 2 aromatic heterocycles. The molecule has 0 bridgehead atoms. The van der Waals surface area contributed by atoms with Crippen LogP contribution in [0.25, 0.3) is 20.7 Å². The standard InChI is InChI=1S/C16H14N2O3S2/c1-22-16-17-14-11(15(21)18(16)8-7-13(19)20)9-12(23-14)10-5-3-2-4-6-10/h2-6,9H,7-8H2,1H3,(H,19,20). The zero-order valence-electron chi connectivity index (χ0n) is 12.4. The van der Waals surface area contributed by atoms with E-state index in [1.807, 2.05) is 42.7 Å². The number of hydrogen-bond acceptors (Lipinski definition) is 5. The van der Waals surface area contributed by atoms with E-state index in [-0.39, 0.29) is 18.5 Å². The molecule has 3 aromatic rings. The van der Waals surface area contributed by atoms with Crippen LogP contribution in [-0.4, -0.2) is 26.9 Å². The number of rotatable bonds is 5. The van der Waals surface area contributed by atoms with Crippen molar-refractivity contribution in [1.82, 2.24) is 9.55 Å². The summed E-state index contributed by atoms with van der Waals surface area (Å²) in [6.07, 6.45) is 1.73. The Balaban J connectivity index is 2.14. The summed E-state index contributed by atoms with van der Waals surface area (Å²) in [7, 11) is 0. The molecule has 23 heavy (non-hydrogen) atoms. The van der Waals surface area contributed by atoms with Crippen molar-refractivity contribution in [1.29, 1.82) is 0 Å². The molecule has 1 aromatic carbocycles. The Morgan fingerprint density at radius 2 is 2.09 bits per heavy atom. The van der Waals surface area contributed by atoms with Gasteiger partial charge >= 0.3 is 5.97 Å². The number of thioether (sulfide) groups is 1. The molecular weight excluding hydrogens is 332 g/mol. The van der Waals surface area contributed by atoms with Gasteiger partial charge < -0.3 is 5.11 Å². The molecule has 0 radical (unpaired) electrons. The van der Waals surface area contributed by atoms with Crippen LogP contribution in [0.2, 0.25) is 0 Å². The molecule has 0 amide bonds. The predicted molar refractivity (Wildman–Crippen MR) is 93.3 cm³/mol. The van der Waals surface area contributed by atoms with Gasteiger partial charge in [0.05, 0.1) is 11.8 Å². The molecule has 118 valence electrons. The zero-order chi connectivity index (χ0) is 16.4. The van der Waals surface area contributed by atoms with Crippen molar-refractivity contribution >= 4 is 39.3 Å². The Bertz CT molecular complexity index is 916. The van der Waals surface area contributed by atoms with E-state index < -0.39 is 5.97 Å². The van der Waals surface area contributed by atoms with Gasteiger partial charge in [-0.3, -0.25) is 14.2 Å². The van der Waals surface area contributed by atoms with Crippen molar-refractivity contribution in [2.24, 2.45) is 0 Å². The second-order valence-corrected chi connectivity index (χ2v) is 6.70. The van der Waals surface area contributed by atoms with E-state index in [0.717, 1.165) is 10.4 Å². The van der Waals surface area contributed by atoms with Crippen LogP contribution in [-0.2, 0) is 11.3 Å². The fourth-order valence-corrected chi connectivity index (χ4v) is 3.96. The van der Waals surface area contributed by atoms with Gasteiger partial charge in [0, 0.05) is 11.4 Å². The topological polar surface area (TPSA) is 72.2 Å². The minimum Gasteiger partial charge on any atom is -0.481 e. The molecule has 3 rings (SSSR count). The van der Waals surface area contributed by atoms with Crippen molar-refractivity contribution in [3.63, 3.8) is 0 Å². The minimum atomic E-state index is -0.931. The first-order valence-corrected chi connectivity index (χ1v) is 9.00. The fourth-order valence-electron chi connectivity index (χ4n) is 2.30. The third kappa shape index (κ3) is 3.16. The van der Waals surface area contributed by atoms with Crippen LogP contribution in [0.15, 0.2) is 46.3 Å². The van der Waals surface area contributed by atoms with Crippen LogP contribution in [0.4, 0.5) is 0 Å². The third-order valence-electron chi connectivity index (χ3n) is 3.41. The van der Waals surface area contributed by atoms with Crippen molar-refractivity contribution in [3.05, 3.63) is 46.8 Å². The van der Waals surface area contributed by atoms with Crippen LogP contribution >= 0.6 is 23.1 Å². The summed E-state index contributed by atoms with van der Waals surface area (Å²) in [5.41, 5.74) is 0.858. The molecule has 0 aliphatic carbocycles. The smallest absolute Gasteiger partial charge is 0.305 e. The number of hydrogen-bond donors (Lipinski definition) is 1. The second kappa shape index (κ2) is 6.55. The Hall–Kier alpha value is -2.12. The van der Waals surface area contributed by atoms with E-state index >= 15 is 0 Å². The number of benzene rings is 1. The molecule has 0 unspecified atom stereocenters. The number of carboxylic acid groups (broad SMARTS) is 1. The lowest BCUT2D eigenvalue weighted by atomic mass is 10.2. The van der Waals surface area contributed by atoms with Gasteiger partial charge in [0.15, 0.2) is 5.16 Å². The summed E-state index contributed by atoms with van der Waals surface area (Å²) in [4.78, 5) is 29.7. The van der Waals surface area contributed by atoms with Gasteiger partial charge in [0.1, 0.15) is 4.83 Å². The highest BCUT2D eigenvalue weighted by Gasteiger charge is 2.15. The summed E-state index contributed by atoms with van der Waals surface area (Å²) in [6, 6.07) is 11.7. The number of fused-ring (bicyclic) bond motifs is 1. The molecule has 7 heteroatoms. The first-order valence-electron chi connectivity index (χ1n) is 6.95. The Morgan fingerprint density at radius 3 is 2.74 bits per heavy atom. The van der Waals surface area contributed by atoms with Gasteiger partial charge in [-0.1, -0.05) is 42.1 Å². The lowest BCUT2D eigenvalue weighted by molar-refractivity contribution is -0.137. The predicted octanol–water partition coefficient (Wildman–Crippen LogP) is 3.32. The van der Waals surface area contributed by atoms with E-state index in [1.54, 1.807) is 0 Å². The highest BCUT2D eigenvalue weighted by atomic mass is 32.2. The van der Waals surface area contributed by atoms with Gasteiger partial charge in [-0.25, -0.2) is 4.98 Å². The molecule has 0 saturated heterocycles. The number of aromatic nitrogens is 2. The third-order valence-corrected chi connectivity index (χ3v) is 5.16. The number of carboxylic acids is 1. The quantitative estimate of drug-likeness (QED) is 0.567. The monoisotopic (exact) mass is 346 g/mol. The first-order chi connectivity index (χ1) is 11.1. The van der Waals surface area contributed by atoms with E-state index in [2.05, 4.69) is 4.98 Å². The van der Waals surface area contributed by atoms with Gasteiger partial charge in [0.25, 0.3) is 5.56 Å². The summed E-state index contributed by atoms with van der Waals surface area (Å²) in [5.74, 6) is -0.931. The highest BCUT2D eigenvalue weighted by Crippen LogP contribution is 2.31. The first kappa shape index (κ1) is 15.8. The van der Waals surface area contributed by atoms with Crippen LogP contribution in [0.3, 0.4) is 0 Å². The Kier molecular flexibility index (Phi) is 4.49. The molecule has 1 N–H and O–H groups in total. The maximum absolute atomic E-state index is 12.7. The molecule has 2 heterocycles. The minimum absolute atomic E-state index is 0.101. The number of thiophene rings is 1. The van der Waals surface area contributed by atoms with E-state index in [9.17, 15) is 9.59 Å². The maximum atomic E-state index is 12.7. The largest absolute Gasteiger partial charge is 0.481 e. The van der Waals surface area contributed by atoms with Crippen molar-refractivity contribution in [3.8, 4) is 10.4 Å². The normalized spacial score (nSPS) is 11.0. The maximum Gasteiger partial charge on any atom is 0.305 e. The molecule has 0 aliphatic rings. The summed E-state index contributed by atoms with van der Waals surface area (Å²) < 4.78 is 1.45. The number of aliphatic carboxylic acids is 1. The number of carbonyl (C=O) groups is 1. The number of nitrogens with zero attached hydrogens (tertiary/aromatic N) is 2. The average molecular weight is 346 g/mol. The SMILES string of the molecule is CSc1nc2sc(-c3ccccc3)cc2c(=O)n1CCC(=O)O. The van der Waals surface area contributed by atoms with Crippen LogP contribution in [0.5, 0.6) is 0 Å². The fraction of sp³-hybridized carbons (Fsp3) is 0.188. The van der Waals surface area contributed by atoms with Gasteiger partial charge in [0.2, 0.25) is 0 Å². The highest BCUT2D eigenvalue weighted by molar-refractivity contribution is 7.98. The van der Waals surface area contributed by atoms with Crippen molar-refractivity contribution < 1.29 is 9.90 Å². The van der Waals surface area contributed by atoms with Crippen molar-refractivity contribution in [2.45, 2.75) is 18.1 Å². The summed E-state index contributed by atoms with van der Waals surface area (Å²) >= 11 is 2.82. The zero-order valence-corrected chi connectivity index (χ0v) is 14.0. The van der Waals surface area contributed by atoms with Gasteiger partial charge in [-0.15, -0.1) is 11.3 Å². The Morgan fingerprint density at radius 1 is 1.35 bits per heavy atom.